The number of amides is 3. The van der Waals surface area contributed by atoms with Gasteiger partial charge in [0.15, 0.2) is 0 Å². The van der Waals surface area contributed by atoms with Gasteiger partial charge in [0.2, 0.25) is 5.91 Å². The molecule has 3 amide bonds. The SMILES string of the molecule is NC(=O)NC(CC(=O)NCCc1ccc(C(F)(F)F)cc1)c1cccs1. The minimum atomic E-state index is -4.36. The minimum absolute atomic E-state index is 0.0243. The molecule has 140 valence electrons. The molecule has 2 rings (SSSR count). The summed E-state index contributed by atoms with van der Waals surface area (Å²) < 4.78 is 37.5. The van der Waals surface area contributed by atoms with Gasteiger partial charge in [-0.1, -0.05) is 18.2 Å². The smallest absolute Gasteiger partial charge is 0.356 e. The summed E-state index contributed by atoms with van der Waals surface area (Å²) in [6.07, 6.45) is -3.94. The Labute approximate surface area is 152 Å². The number of thiophene rings is 1. The highest BCUT2D eigenvalue weighted by Gasteiger charge is 2.29. The number of halogens is 3. The molecule has 1 heterocycles. The van der Waals surface area contributed by atoms with E-state index in [-0.39, 0.29) is 18.9 Å². The molecule has 0 spiro atoms. The van der Waals surface area contributed by atoms with Gasteiger partial charge in [-0.05, 0) is 35.6 Å². The molecule has 4 N–H and O–H groups in total. The highest BCUT2D eigenvalue weighted by atomic mass is 32.1. The van der Waals surface area contributed by atoms with Crippen LogP contribution in [-0.4, -0.2) is 18.5 Å². The van der Waals surface area contributed by atoms with Crippen molar-refractivity contribution >= 4 is 23.3 Å². The standard InChI is InChI=1S/C17H18F3N3O2S/c18-17(19,20)12-5-3-11(4-6-12)7-8-22-15(24)10-13(23-16(21)25)14-2-1-9-26-14/h1-6,9,13H,7-8,10H2,(H,22,24)(H3,21,23,25). The van der Waals surface area contributed by atoms with Crippen molar-refractivity contribution in [2.75, 3.05) is 6.54 Å². The van der Waals surface area contributed by atoms with Crippen LogP contribution in [0.2, 0.25) is 0 Å². The first-order valence-corrected chi connectivity index (χ1v) is 8.66. The zero-order valence-corrected chi connectivity index (χ0v) is 14.5. The molecule has 0 aliphatic heterocycles. The third kappa shape index (κ3) is 6.07. The van der Waals surface area contributed by atoms with E-state index in [0.29, 0.717) is 12.0 Å². The van der Waals surface area contributed by atoms with Crippen LogP contribution in [0.1, 0.15) is 28.5 Å². The van der Waals surface area contributed by atoms with Crippen molar-refractivity contribution < 1.29 is 22.8 Å². The molecule has 26 heavy (non-hydrogen) atoms. The molecular formula is C17H18F3N3O2S. The quantitative estimate of drug-likeness (QED) is 0.684. The third-order valence-electron chi connectivity index (χ3n) is 3.61. The van der Waals surface area contributed by atoms with Crippen molar-refractivity contribution in [3.8, 4) is 0 Å². The lowest BCUT2D eigenvalue weighted by molar-refractivity contribution is -0.137. The number of carbonyl (C=O) groups is 2. The van der Waals surface area contributed by atoms with Gasteiger partial charge < -0.3 is 16.4 Å². The second-order valence-corrected chi connectivity index (χ2v) is 6.55. The van der Waals surface area contributed by atoms with Crippen molar-refractivity contribution in [2.45, 2.75) is 25.1 Å². The second kappa shape index (κ2) is 8.70. The zero-order chi connectivity index (χ0) is 19.2. The number of nitrogens with one attached hydrogen (secondary N) is 2. The van der Waals surface area contributed by atoms with Crippen LogP contribution in [0.4, 0.5) is 18.0 Å². The third-order valence-corrected chi connectivity index (χ3v) is 4.60. The Morgan fingerprint density at radius 1 is 1.15 bits per heavy atom. The molecule has 5 nitrogen and oxygen atoms in total. The summed E-state index contributed by atoms with van der Waals surface area (Å²) in [4.78, 5) is 24.0. The average molecular weight is 385 g/mol. The van der Waals surface area contributed by atoms with E-state index < -0.39 is 23.8 Å². The molecule has 2 aromatic rings. The molecule has 0 aliphatic rings. The molecule has 0 fully saturated rings. The highest BCUT2D eigenvalue weighted by Crippen LogP contribution is 2.29. The van der Waals surface area contributed by atoms with Gasteiger partial charge in [0, 0.05) is 11.4 Å². The number of rotatable bonds is 7. The summed E-state index contributed by atoms with van der Waals surface area (Å²) in [6.45, 7) is 0.276. The summed E-state index contributed by atoms with van der Waals surface area (Å²) >= 11 is 1.40. The van der Waals surface area contributed by atoms with Gasteiger partial charge in [0.05, 0.1) is 18.0 Å². The molecule has 9 heteroatoms. The normalized spacial score (nSPS) is 12.4. The highest BCUT2D eigenvalue weighted by molar-refractivity contribution is 7.10. The molecule has 1 unspecified atom stereocenters. The molecule has 0 radical (unpaired) electrons. The molecule has 1 aromatic carbocycles. The molecule has 0 saturated heterocycles. The Hall–Kier alpha value is -2.55. The fourth-order valence-electron chi connectivity index (χ4n) is 2.35. The van der Waals surface area contributed by atoms with Gasteiger partial charge in [0.25, 0.3) is 0 Å². The maximum absolute atomic E-state index is 12.5. The van der Waals surface area contributed by atoms with Gasteiger partial charge in [-0.15, -0.1) is 11.3 Å². The van der Waals surface area contributed by atoms with Crippen LogP contribution in [0.25, 0.3) is 0 Å². The number of benzene rings is 1. The van der Waals surface area contributed by atoms with E-state index in [0.717, 1.165) is 17.0 Å². The molecule has 1 atom stereocenters. The Morgan fingerprint density at radius 3 is 2.38 bits per heavy atom. The van der Waals surface area contributed by atoms with Crippen molar-refractivity contribution in [3.05, 3.63) is 57.8 Å². The van der Waals surface area contributed by atoms with E-state index in [4.69, 9.17) is 5.73 Å². The van der Waals surface area contributed by atoms with Crippen molar-refractivity contribution in [1.82, 2.24) is 10.6 Å². The van der Waals surface area contributed by atoms with Crippen LogP contribution in [0.15, 0.2) is 41.8 Å². The minimum Gasteiger partial charge on any atom is -0.356 e. The van der Waals surface area contributed by atoms with Gasteiger partial charge in [-0.2, -0.15) is 13.2 Å². The van der Waals surface area contributed by atoms with Gasteiger partial charge in [-0.25, -0.2) is 4.79 Å². The number of nitrogens with two attached hydrogens (primary N) is 1. The molecular weight excluding hydrogens is 367 g/mol. The Kier molecular flexibility index (Phi) is 6.62. The average Bonchev–Trinajstić information content (AvgIpc) is 3.08. The maximum Gasteiger partial charge on any atom is 0.416 e. The first-order chi connectivity index (χ1) is 12.3. The van der Waals surface area contributed by atoms with Crippen LogP contribution in [0.3, 0.4) is 0 Å². The number of hydrogen-bond donors (Lipinski definition) is 3. The Balaban J connectivity index is 1.83. The summed E-state index contributed by atoms with van der Waals surface area (Å²) in [5, 5.41) is 7.04. The van der Waals surface area contributed by atoms with E-state index in [2.05, 4.69) is 10.6 Å². The van der Waals surface area contributed by atoms with Crippen LogP contribution in [0.5, 0.6) is 0 Å². The van der Waals surface area contributed by atoms with Gasteiger partial charge in [0.1, 0.15) is 0 Å². The van der Waals surface area contributed by atoms with Crippen LogP contribution >= 0.6 is 11.3 Å². The zero-order valence-electron chi connectivity index (χ0n) is 13.7. The largest absolute Gasteiger partial charge is 0.416 e. The first-order valence-electron chi connectivity index (χ1n) is 7.78. The molecule has 0 saturated carbocycles. The van der Waals surface area contributed by atoms with E-state index in [1.807, 2.05) is 5.38 Å². The number of hydrogen-bond acceptors (Lipinski definition) is 3. The second-order valence-electron chi connectivity index (χ2n) is 5.58. The van der Waals surface area contributed by atoms with Crippen molar-refractivity contribution in [2.24, 2.45) is 5.73 Å². The van der Waals surface area contributed by atoms with Crippen LogP contribution in [0, 0.1) is 0 Å². The Morgan fingerprint density at radius 2 is 1.85 bits per heavy atom. The summed E-state index contributed by atoms with van der Waals surface area (Å²) in [7, 11) is 0. The van der Waals surface area contributed by atoms with Crippen molar-refractivity contribution in [3.63, 3.8) is 0 Å². The lowest BCUT2D eigenvalue weighted by atomic mass is 10.1. The predicted octanol–water partition coefficient (Wildman–Crippen LogP) is 3.23. The van der Waals surface area contributed by atoms with E-state index in [1.54, 1.807) is 12.1 Å². The maximum atomic E-state index is 12.5. The Bertz CT molecular complexity index is 731. The van der Waals surface area contributed by atoms with Crippen molar-refractivity contribution in [1.29, 1.82) is 0 Å². The summed E-state index contributed by atoms with van der Waals surface area (Å²) in [5.74, 6) is -0.288. The lowest BCUT2D eigenvalue weighted by Crippen LogP contribution is -2.36. The number of urea groups is 1. The van der Waals surface area contributed by atoms with E-state index >= 15 is 0 Å². The number of alkyl halides is 3. The number of primary amides is 1. The topological polar surface area (TPSA) is 84.2 Å². The monoisotopic (exact) mass is 385 g/mol. The molecule has 1 aromatic heterocycles. The van der Waals surface area contributed by atoms with Crippen LogP contribution in [-0.2, 0) is 17.4 Å². The fourth-order valence-corrected chi connectivity index (χ4v) is 3.13. The summed E-state index contributed by atoms with van der Waals surface area (Å²) in [5.41, 5.74) is 5.11. The lowest BCUT2D eigenvalue weighted by Gasteiger charge is -2.16. The first kappa shape index (κ1) is 19.8. The summed E-state index contributed by atoms with van der Waals surface area (Å²) in [6, 6.07) is 7.16. The van der Waals surface area contributed by atoms with E-state index in [9.17, 15) is 22.8 Å². The van der Waals surface area contributed by atoms with Gasteiger partial charge >= 0.3 is 12.2 Å². The number of carbonyl (C=O) groups excluding carboxylic acids is 2. The molecule has 0 bridgehead atoms. The molecule has 0 aliphatic carbocycles. The predicted molar refractivity (Wildman–Crippen MR) is 92.6 cm³/mol. The van der Waals surface area contributed by atoms with Gasteiger partial charge in [-0.3, -0.25) is 4.79 Å². The van der Waals surface area contributed by atoms with Crippen LogP contribution < -0.4 is 16.4 Å². The fraction of sp³-hybridized carbons (Fsp3) is 0.294. The van der Waals surface area contributed by atoms with E-state index in [1.165, 1.54) is 23.5 Å².